The van der Waals surface area contributed by atoms with Crippen LogP contribution in [0.4, 0.5) is 4.79 Å². The van der Waals surface area contributed by atoms with Gasteiger partial charge in [-0.15, -0.1) is 0 Å². The summed E-state index contributed by atoms with van der Waals surface area (Å²) in [5, 5.41) is 8.72. The van der Waals surface area contributed by atoms with Gasteiger partial charge in [-0.25, -0.2) is 4.79 Å². The molecular weight excluding hydrogens is 190 g/mol. The van der Waals surface area contributed by atoms with Crippen molar-refractivity contribution in [3.05, 3.63) is 0 Å². The fourth-order valence-corrected chi connectivity index (χ4v) is 1.19. The van der Waals surface area contributed by atoms with Gasteiger partial charge < -0.3 is 19.5 Å². The standard InChI is InChI=1S/C8H13NO5/c1-13-3-2-9-4-6(7(10)11)5-14-8(9)12/h6H,2-5H2,1H3,(H,10,11). The molecule has 1 N–H and O–H groups in total. The maximum absolute atomic E-state index is 11.1. The van der Waals surface area contributed by atoms with E-state index in [0.29, 0.717) is 13.2 Å². The number of carboxylic acid groups (broad SMARTS) is 1. The highest BCUT2D eigenvalue weighted by molar-refractivity contribution is 5.75. The molecule has 1 aliphatic heterocycles. The average molecular weight is 203 g/mol. The molecule has 6 heteroatoms. The minimum Gasteiger partial charge on any atom is -0.481 e. The summed E-state index contributed by atoms with van der Waals surface area (Å²) in [5.74, 6) is -1.58. The lowest BCUT2D eigenvalue weighted by atomic mass is 10.1. The Kier molecular flexibility index (Phi) is 3.70. The van der Waals surface area contributed by atoms with Crippen molar-refractivity contribution in [1.29, 1.82) is 0 Å². The van der Waals surface area contributed by atoms with Crippen LogP contribution in [0.2, 0.25) is 0 Å². The molecule has 1 amide bonds. The number of aliphatic carboxylic acids is 1. The van der Waals surface area contributed by atoms with Crippen molar-refractivity contribution in [2.75, 3.05) is 33.4 Å². The van der Waals surface area contributed by atoms with Crippen LogP contribution in [0.3, 0.4) is 0 Å². The molecule has 0 aromatic rings. The minimum atomic E-state index is -0.945. The summed E-state index contributed by atoms with van der Waals surface area (Å²) in [7, 11) is 1.52. The predicted octanol–water partition coefficient (Wildman–Crippen LogP) is -0.214. The zero-order chi connectivity index (χ0) is 10.6. The molecule has 1 aliphatic rings. The second-order valence-electron chi connectivity index (χ2n) is 3.05. The van der Waals surface area contributed by atoms with E-state index in [4.69, 9.17) is 14.6 Å². The van der Waals surface area contributed by atoms with Crippen LogP contribution in [0.15, 0.2) is 0 Å². The first kappa shape index (κ1) is 10.8. The van der Waals surface area contributed by atoms with Crippen LogP contribution in [-0.4, -0.2) is 55.5 Å². The molecule has 1 unspecified atom stereocenters. The normalized spacial score (nSPS) is 21.9. The van der Waals surface area contributed by atoms with Gasteiger partial charge in [0.05, 0.1) is 6.61 Å². The van der Waals surface area contributed by atoms with E-state index in [9.17, 15) is 9.59 Å². The van der Waals surface area contributed by atoms with Crippen LogP contribution >= 0.6 is 0 Å². The molecule has 0 aromatic heterocycles. The van der Waals surface area contributed by atoms with Gasteiger partial charge in [-0.3, -0.25) is 4.79 Å². The number of cyclic esters (lactones) is 1. The number of carbonyl (C=O) groups excluding carboxylic acids is 1. The highest BCUT2D eigenvalue weighted by atomic mass is 16.6. The van der Waals surface area contributed by atoms with E-state index in [1.165, 1.54) is 12.0 Å². The molecule has 0 aromatic carbocycles. The molecule has 1 fully saturated rings. The number of ether oxygens (including phenoxy) is 2. The number of hydrogen-bond donors (Lipinski definition) is 1. The third kappa shape index (κ3) is 2.59. The Labute approximate surface area is 81.4 Å². The highest BCUT2D eigenvalue weighted by Gasteiger charge is 2.31. The number of carbonyl (C=O) groups is 2. The molecule has 1 heterocycles. The van der Waals surface area contributed by atoms with Gasteiger partial charge in [0.2, 0.25) is 0 Å². The van der Waals surface area contributed by atoms with Crippen molar-refractivity contribution in [2.24, 2.45) is 5.92 Å². The van der Waals surface area contributed by atoms with Crippen LogP contribution in [0.5, 0.6) is 0 Å². The Morgan fingerprint density at radius 1 is 1.79 bits per heavy atom. The lowest BCUT2D eigenvalue weighted by molar-refractivity contribution is -0.145. The minimum absolute atomic E-state index is 0.0440. The molecule has 6 nitrogen and oxygen atoms in total. The van der Waals surface area contributed by atoms with E-state index < -0.39 is 18.0 Å². The van der Waals surface area contributed by atoms with Gasteiger partial charge in [0.25, 0.3) is 0 Å². The van der Waals surface area contributed by atoms with Gasteiger partial charge in [0, 0.05) is 20.2 Å². The smallest absolute Gasteiger partial charge is 0.409 e. The van der Waals surface area contributed by atoms with Crippen LogP contribution < -0.4 is 0 Å². The molecule has 14 heavy (non-hydrogen) atoms. The summed E-state index contributed by atoms with van der Waals surface area (Å²) in [4.78, 5) is 23.1. The van der Waals surface area contributed by atoms with Gasteiger partial charge in [-0.2, -0.15) is 0 Å². The third-order valence-corrected chi connectivity index (χ3v) is 2.02. The Balaban J connectivity index is 2.46. The monoisotopic (exact) mass is 203 g/mol. The average Bonchev–Trinajstić information content (AvgIpc) is 2.16. The lowest BCUT2D eigenvalue weighted by Gasteiger charge is -2.29. The summed E-state index contributed by atoms with van der Waals surface area (Å²) in [5.41, 5.74) is 0. The Morgan fingerprint density at radius 2 is 2.50 bits per heavy atom. The summed E-state index contributed by atoms with van der Waals surface area (Å²) in [6.45, 7) is 0.885. The van der Waals surface area contributed by atoms with E-state index in [1.54, 1.807) is 0 Å². The molecule has 1 atom stereocenters. The molecule has 1 saturated heterocycles. The maximum atomic E-state index is 11.1. The van der Waals surface area contributed by atoms with Gasteiger partial charge >= 0.3 is 12.1 Å². The van der Waals surface area contributed by atoms with Gasteiger partial charge in [-0.1, -0.05) is 0 Å². The van der Waals surface area contributed by atoms with Crippen molar-refractivity contribution in [3.63, 3.8) is 0 Å². The molecular formula is C8H13NO5. The number of amides is 1. The topological polar surface area (TPSA) is 76.1 Å². The zero-order valence-corrected chi connectivity index (χ0v) is 7.93. The number of hydrogen-bond acceptors (Lipinski definition) is 4. The van der Waals surface area contributed by atoms with Crippen molar-refractivity contribution in [2.45, 2.75) is 0 Å². The van der Waals surface area contributed by atoms with Crippen molar-refractivity contribution >= 4 is 12.1 Å². The quantitative estimate of drug-likeness (QED) is 0.684. The lowest BCUT2D eigenvalue weighted by Crippen LogP contribution is -2.46. The van der Waals surface area contributed by atoms with E-state index in [0.717, 1.165) is 0 Å². The largest absolute Gasteiger partial charge is 0.481 e. The van der Waals surface area contributed by atoms with E-state index in [-0.39, 0.29) is 13.2 Å². The van der Waals surface area contributed by atoms with E-state index in [1.807, 2.05) is 0 Å². The second-order valence-corrected chi connectivity index (χ2v) is 3.05. The first-order valence-corrected chi connectivity index (χ1v) is 4.28. The van der Waals surface area contributed by atoms with Gasteiger partial charge in [0.15, 0.2) is 0 Å². The Hall–Kier alpha value is -1.30. The van der Waals surface area contributed by atoms with Crippen LogP contribution in [0.1, 0.15) is 0 Å². The van der Waals surface area contributed by atoms with Crippen LogP contribution in [0, 0.1) is 5.92 Å². The molecule has 1 rings (SSSR count). The molecule has 0 bridgehead atoms. The SMILES string of the molecule is COCCN1CC(C(=O)O)COC1=O. The first-order chi connectivity index (χ1) is 6.65. The summed E-state index contributed by atoms with van der Waals surface area (Å²) >= 11 is 0. The number of rotatable bonds is 4. The molecule has 0 radical (unpaired) electrons. The summed E-state index contributed by atoms with van der Waals surface area (Å²) in [6, 6.07) is 0. The fourth-order valence-electron chi connectivity index (χ4n) is 1.19. The van der Waals surface area contributed by atoms with Crippen molar-refractivity contribution in [3.8, 4) is 0 Å². The summed E-state index contributed by atoms with van der Waals surface area (Å²) < 4.78 is 9.50. The number of methoxy groups -OCH3 is 1. The molecule has 0 spiro atoms. The van der Waals surface area contributed by atoms with Crippen LogP contribution in [-0.2, 0) is 14.3 Å². The van der Waals surface area contributed by atoms with Gasteiger partial charge in [-0.05, 0) is 0 Å². The highest BCUT2D eigenvalue weighted by Crippen LogP contribution is 2.10. The third-order valence-electron chi connectivity index (χ3n) is 2.02. The molecule has 0 aliphatic carbocycles. The molecule has 0 saturated carbocycles. The number of nitrogens with zero attached hydrogens (tertiary/aromatic N) is 1. The van der Waals surface area contributed by atoms with Crippen molar-refractivity contribution in [1.82, 2.24) is 4.90 Å². The predicted molar refractivity (Wildman–Crippen MR) is 45.9 cm³/mol. The Morgan fingerprint density at radius 3 is 3.07 bits per heavy atom. The zero-order valence-electron chi connectivity index (χ0n) is 7.93. The van der Waals surface area contributed by atoms with Crippen LogP contribution in [0.25, 0.3) is 0 Å². The van der Waals surface area contributed by atoms with Crippen molar-refractivity contribution < 1.29 is 24.2 Å². The first-order valence-electron chi connectivity index (χ1n) is 4.28. The summed E-state index contributed by atoms with van der Waals surface area (Å²) in [6.07, 6.45) is -0.473. The maximum Gasteiger partial charge on any atom is 0.409 e. The Bertz CT molecular complexity index is 230. The fraction of sp³-hybridized carbons (Fsp3) is 0.750. The van der Waals surface area contributed by atoms with Gasteiger partial charge in [0.1, 0.15) is 12.5 Å². The molecule has 80 valence electrons. The van der Waals surface area contributed by atoms with E-state index in [2.05, 4.69) is 0 Å². The number of carboxylic acids is 1. The second kappa shape index (κ2) is 4.80. The van der Waals surface area contributed by atoms with E-state index >= 15 is 0 Å².